The van der Waals surface area contributed by atoms with Gasteiger partial charge in [-0.15, -0.1) is 0 Å². The Hall–Kier alpha value is -2.08. The fourth-order valence-electron chi connectivity index (χ4n) is 2.68. The van der Waals surface area contributed by atoms with Gasteiger partial charge in [0, 0.05) is 29.4 Å². The molecule has 6 heteroatoms. The maximum atomic E-state index is 13.0. The van der Waals surface area contributed by atoms with Crippen molar-refractivity contribution in [3.8, 4) is 0 Å². The average Bonchev–Trinajstić information content (AvgIpc) is 3.00. The third-order valence-electron chi connectivity index (χ3n) is 4.04. The zero-order valence-corrected chi connectivity index (χ0v) is 16.4. The van der Waals surface area contributed by atoms with Gasteiger partial charge < -0.3 is 14.8 Å². The van der Waals surface area contributed by atoms with Gasteiger partial charge in [-0.25, -0.2) is 0 Å². The van der Waals surface area contributed by atoms with Crippen molar-refractivity contribution in [1.82, 2.24) is 9.47 Å². The maximum absolute atomic E-state index is 13.0. The van der Waals surface area contributed by atoms with Crippen molar-refractivity contribution < 1.29 is 9.59 Å². The minimum atomic E-state index is -0.563. The van der Waals surface area contributed by atoms with E-state index in [0.717, 1.165) is 16.6 Å². The predicted molar refractivity (Wildman–Crippen MR) is 104 cm³/mol. The number of hydrogen-bond donors (Lipinski definition) is 1. The summed E-state index contributed by atoms with van der Waals surface area (Å²) in [5, 5.41) is 2.87. The van der Waals surface area contributed by atoms with E-state index in [1.165, 1.54) is 0 Å². The first-order chi connectivity index (χ1) is 12.0. The lowest BCUT2D eigenvalue weighted by Crippen LogP contribution is -2.46. The first-order valence-electron chi connectivity index (χ1n) is 8.50. The second kappa shape index (κ2) is 8.85. The van der Waals surface area contributed by atoms with Crippen LogP contribution in [0.5, 0.6) is 0 Å². The standard InChI is InChI=1S/C19H24BrN3O2/c1-4-11-23(19(25)17-12-15(20)13-22(17)5-2)14(3)18(24)21-16-9-7-6-8-10-16/h6-10,12-14H,4-5,11H2,1-3H3,(H,21,24). The Labute approximate surface area is 157 Å². The molecule has 1 atom stereocenters. The molecule has 25 heavy (non-hydrogen) atoms. The van der Waals surface area contributed by atoms with Gasteiger partial charge in [-0.2, -0.15) is 0 Å². The fraction of sp³-hybridized carbons (Fsp3) is 0.368. The van der Waals surface area contributed by atoms with Crippen LogP contribution in [0.15, 0.2) is 47.1 Å². The number of halogens is 1. The number of benzene rings is 1. The molecule has 2 aromatic rings. The number of anilines is 1. The monoisotopic (exact) mass is 405 g/mol. The number of nitrogens with zero attached hydrogens (tertiary/aromatic N) is 2. The SMILES string of the molecule is CCCN(C(=O)c1cc(Br)cn1CC)C(C)C(=O)Nc1ccccc1. The third-order valence-corrected chi connectivity index (χ3v) is 4.47. The van der Waals surface area contributed by atoms with Crippen LogP contribution >= 0.6 is 15.9 Å². The lowest BCUT2D eigenvalue weighted by Gasteiger charge is -2.28. The molecule has 0 aliphatic rings. The van der Waals surface area contributed by atoms with Crippen LogP contribution in [0.25, 0.3) is 0 Å². The summed E-state index contributed by atoms with van der Waals surface area (Å²) in [6.07, 6.45) is 2.66. The highest BCUT2D eigenvalue weighted by Crippen LogP contribution is 2.19. The summed E-state index contributed by atoms with van der Waals surface area (Å²) in [6.45, 7) is 6.96. The van der Waals surface area contributed by atoms with E-state index >= 15 is 0 Å². The summed E-state index contributed by atoms with van der Waals surface area (Å²) < 4.78 is 2.74. The molecule has 2 rings (SSSR count). The predicted octanol–water partition coefficient (Wildman–Crippen LogP) is 4.15. The molecule has 0 fully saturated rings. The number of para-hydroxylation sites is 1. The molecule has 2 amide bonds. The zero-order valence-electron chi connectivity index (χ0n) is 14.8. The van der Waals surface area contributed by atoms with Crippen LogP contribution < -0.4 is 5.32 Å². The Morgan fingerprint density at radius 2 is 1.92 bits per heavy atom. The van der Waals surface area contributed by atoms with Crippen molar-refractivity contribution in [2.24, 2.45) is 0 Å². The van der Waals surface area contributed by atoms with E-state index < -0.39 is 6.04 Å². The lowest BCUT2D eigenvalue weighted by molar-refractivity contribution is -0.120. The van der Waals surface area contributed by atoms with E-state index in [4.69, 9.17) is 0 Å². The van der Waals surface area contributed by atoms with Gasteiger partial charge in [0.15, 0.2) is 0 Å². The van der Waals surface area contributed by atoms with Gasteiger partial charge in [0.05, 0.1) is 0 Å². The van der Waals surface area contributed by atoms with Gasteiger partial charge >= 0.3 is 0 Å². The first kappa shape index (κ1) is 19.2. The number of carbonyl (C=O) groups is 2. The van der Waals surface area contributed by atoms with Crippen molar-refractivity contribution >= 4 is 33.4 Å². The summed E-state index contributed by atoms with van der Waals surface area (Å²) in [7, 11) is 0. The Balaban J connectivity index is 2.20. The molecule has 1 N–H and O–H groups in total. The number of rotatable bonds is 7. The Morgan fingerprint density at radius 3 is 2.52 bits per heavy atom. The molecule has 1 aromatic heterocycles. The number of hydrogen-bond acceptors (Lipinski definition) is 2. The van der Waals surface area contributed by atoms with Gasteiger partial charge in [0.1, 0.15) is 11.7 Å². The number of amides is 2. The number of aryl methyl sites for hydroxylation is 1. The molecule has 1 aromatic carbocycles. The number of nitrogens with one attached hydrogen (secondary N) is 1. The second-order valence-corrected chi connectivity index (χ2v) is 6.78. The molecule has 134 valence electrons. The van der Waals surface area contributed by atoms with Gasteiger partial charge in [-0.05, 0) is 54.4 Å². The Morgan fingerprint density at radius 1 is 1.24 bits per heavy atom. The van der Waals surface area contributed by atoms with Crippen molar-refractivity contribution in [1.29, 1.82) is 0 Å². The molecule has 0 bridgehead atoms. The normalized spacial score (nSPS) is 11.8. The third kappa shape index (κ3) is 4.72. The van der Waals surface area contributed by atoms with Crippen LogP contribution in [0.1, 0.15) is 37.7 Å². The van der Waals surface area contributed by atoms with Crippen LogP contribution in [0.2, 0.25) is 0 Å². The largest absolute Gasteiger partial charge is 0.343 e. The van der Waals surface area contributed by atoms with Crippen LogP contribution in [0.3, 0.4) is 0 Å². The van der Waals surface area contributed by atoms with E-state index in [0.29, 0.717) is 18.8 Å². The van der Waals surface area contributed by atoms with Gasteiger partial charge in [0.2, 0.25) is 5.91 Å². The molecular weight excluding hydrogens is 382 g/mol. The van der Waals surface area contributed by atoms with Gasteiger partial charge in [-0.3, -0.25) is 9.59 Å². The van der Waals surface area contributed by atoms with Gasteiger partial charge in [0.25, 0.3) is 5.91 Å². The quantitative estimate of drug-likeness (QED) is 0.751. The van der Waals surface area contributed by atoms with Crippen molar-refractivity contribution in [2.75, 3.05) is 11.9 Å². The molecule has 0 aliphatic heterocycles. The molecule has 0 saturated heterocycles. The molecule has 0 radical (unpaired) electrons. The van der Waals surface area contributed by atoms with E-state index in [-0.39, 0.29) is 11.8 Å². The van der Waals surface area contributed by atoms with Crippen molar-refractivity contribution in [3.63, 3.8) is 0 Å². The first-order valence-corrected chi connectivity index (χ1v) is 9.29. The summed E-state index contributed by atoms with van der Waals surface area (Å²) in [4.78, 5) is 27.3. The maximum Gasteiger partial charge on any atom is 0.271 e. The van der Waals surface area contributed by atoms with Crippen molar-refractivity contribution in [2.45, 2.75) is 39.8 Å². The molecule has 0 saturated carbocycles. The summed E-state index contributed by atoms with van der Waals surface area (Å²) in [6, 6.07) is 10.5. The number of carbonyl (C=O) groups excluding carboxylic acids is 2. The molecule has 0 aliphatic carbocycles. The lowest BCUT2D eigenvalue weighted by atomic mass is 10.2. The van der Waals surface area contributed by atoms with Crippen LogP contribution in [-0.4, -0.2) is 33.9 Å². The fourth-order valence-corrected chi connectivity index (χ4v) is 3.15. The summed E-state index contributed by atoms with van der Waals surface area (Å²) in [5.74, 6) is -0.327. The van der Waals surface area contributed by atoms with Crippen LogP contribution in [0, 0.1) is 0 Å². The molecule has 1 heterocycles. The number of aromatic nitrogens is 1. The minimum Gasteiger partial charge on any atom is -0.343 e. The molecular formula is C19H24BrN3O2. The topological polar surface area (TPSA) is 54.3 Å². The van der Waals surface area contributed by atoms with Crippen molar-refractivity contribution in [3.05, 3.63) is 52.8 Å². The smallest absolute Gasteiger partial charge is 0.271 e. The summed E-state index contributed by atoms with van der Waals surface area (Å²) >= 11 is 3.42. The van der Waals surface area contributed by atoms with E-state index in [2.05, 4.69) is 21.2 Å². The highest BCUT2D eigenvalue weighted by Gasteiger charge is 2.28. The molecule has 1 unspecified atom stereocenters. The second-order valence-electron chi connectivity index (χ2n) is 5.86. The average molecular weight is 406 g/mol. The molecule has 0 spiro atoms. The Kier molecular flexibility index (Phi) is 6.82. The van der Waals surface area contributed by atoms with E-state index in [1.807, 2.05) is 54.9 Å². The van der Waals surface area contributed by atoms with Crippen LogP contribution in [-0.2, 0) is 11.3 Å². The highest BCUT2D eigenvalue weighted by atomic mass is 79.9. The van der Waals surface area contributed by atoms with E-state index in [1.54, 1.807) is 17.9 Å². The molecule has 5 nitrogen and oxygen atoms in total. The summed E-state index contributed by atoms with van der Waals surface area (Å²) in [5.41, 5.74) is 1.31. The highest BCUT2D eigenvalue weighted by molar-refractivity contribution is 9.10. The Bertz CT molecular complexity index is 728. The van der Waals surface area contributed by atoms with Gasteiger partial charge in [-0.1, -0.05) is 25.1 Å². The minimum absolute atomic E-state index is 0.134. The zero-order chi connectivity index (χ0) is 18.4. The van der Waals surface area contributed by atoms with Crippen LogP contribution in [0.4, 0.5) is 5.69 Å². The van der Waals surface area contributed by atoms with E-state index in [9.17, 15) is 9.59 Å².